The predicted octanol–water partition coefficient (Wildman–Crippen LogP) is 2.96. The summed E-state index contributed by atoms with van der Waals surface area (Å²) in [5.74, 6) is -0.668. The summed E-state index contributed by atoms with van der Waals surface area (Å²) in [7, 11) is 4.38. The van der Waals surface area contributed by atoms with Gasteiger partial charge in [0.1, 0.15) is 11.6 Å². The Bertz CT molecular complexity index is 950. The van der Waals surface area contributed by atoms with Gasteiger partial charge in [-0.3, -0.25) is 4.79 Å². The lowest BCUT2D eigenvalue weighted by molar-refractivity contribution is -0.112. The number of ether oxygens (including phenoxy) is 3. The van der Waals surface area contributed by atoms with Crippen LogP contribution in [0.1, 0.15) is 15.9 Å². The maximum Gasteiger partial charge on any atom is 0.335 e. The minimum Gasteiger partial charge on any atom is -0.493 e. The Morgan fingerprint density at radius 2 is 1.71 bits per heavy atom. The predicted molar refractivity (Wildman–Crippen MR) is 102 cm³/mol. The number of rotatable bonds is 7. The molecule has 2 N–H and O–H groups in total. The first kappa shape index (κ1) is 20.3. The summed E-state index contributed by atoms with van der Waals surface area (Å²) in [5, 5.41) is 20.9. The molecule has 0 aliphatic carbocycles. The molecule has 0 aliphatic rings. The zero-order valence-corrected chi connectivity index (χ0v) is 15.5. The molecule has 0 saturated heterocycles. The largest absolute Gasteiger partial charge is 0.493 e. The Labute approximate surface area is 161 Å². The lowest BCUT2D eigenvalue weighted by Crippen LogP contribution is -2.14. The molecule has 2 aromatic carbocycles. The number of nitriles is 1. The molecule has 0 fully saturated rings. The Kier molecular flexibility index (Phi) is 6.60. The Morgan fingerprint density at radius 1 is 1.07 bits per heavy atom. The topological polar surface area (TPSA) is 118 Å². The van der Waals surface area contributed by atoms with Crippen LogP contribution in [-0.4, -0.2) is 38.3 Å². The molecule has 28 heavy (non-hydrogen) atoms. The quantitative estimate of drug-likeness (QED) is 0.558. The van der Waals surface area contributed by atoms with E-state index < -0.39 is 11.9 Å². The Hall–Kier alpha value is -3.99. The zero-order valence-electron chi connectivity index (χ0n) is 15.5. The molecule has 0 aromatic heterocycles. The fourth-order valence-electron chi connectivity index (χ4n) is 2.43. The van der Waals surface area contributed by atoms with Crippen molar-refractivity contribution < 1.29 is 28.9 Å². The molecule has 1 amide bonds. The Balaban J connectivity index is 2.35. The van der Waals surface area contributed by atoms with Gasteiger partial charge in [-0.2, -0.15) is 5.26 Å². The van der Waals surface area contributed by atoms with E-state index in [9.17, 15) is 14.9 Å². The van der Waals surface area contributed by atoms with Gasteiger partial charge < -0.3 is 24.6 Å². The first-order chi connectivity index (χ1) is 13.4. The van der Waals surface area contributed by atoms with Crippen molar-refractivity contribution in [2.45, 2.75) is 0 Å². The SMILES string of the molecule is COc1cc(C=C(C#N)C(=O)Nc2cccc(C(=O)O)c2)cc(OC)c1OC. The van der Waals surface area contributed by atoms with Crippen molar-refractivity contribution in [2.75, 3.05) is 26.6 Å². The summed E-state index contributed by atoms with van der Waals surface area (Å²) >= 11 is 0. The number of carbonyl (C=O) groups is 2. The molecule has 8 heteroatoms. The lowest BCUT2D eigenvalue weighted by atomic mass is 10.1. The van der Waals surface area contributed by atoms with Crippen molar-refractivity contribution in [2.24, 2.45) is 0 Å². The number of carbonyl (C=O) groups excluding carboxylic acids is 1. The number of hydrogen-bond donors (Lipinski definition) is 2. The highest BCUT2D eigenvalue weighted by molar-refractivity contribution is 6.10. The third-order valence-electron chi connectivity index (χ3n) is 3.73. The van der Waals surface area contributed by atoms with Gasteiger partial charge in [0, 0.05) is 5.69 Å². The van der Waals surface area contributed by atoms with Crippen LogP contribution in [0.2, 0.25) is 0 Å². The summed E-state index contributed by atoms with van der Waals surface area (Å²) in [4.78, 5) is 23.5. The van der Waals surface area contributed by atoms with Crippen molar-refractivity contribution in [3.8, 4) is 23.3 Å². The smallest absolute Gasteiger partial charge is 0.335 e. The molecule has 2 aromatic rings. The van der Waals surface area contributed by atoms with Crippen LogP contribution in [0.4, 0.5) is 5.69 Å². The summed E-state index contributed by atoms with van der Waals surface area (Å²) < 4.78 is 15.7. The molecule has 2 rings (SSSR count). The molecule has 0 heterocycles. The van der Waals surface area contributed by atoms with Gasteiger partial charge in [0.15, 0.2) is 11.5 Å². The number of carboxylic acid groups (broad SMARTS) is 1. The molecule has 0 atom stereocenters. The molecule has 0 unspecified atom stereocenters. The summed E-state index contributed by atoms with van der Waals surface area (Å²) in [6, 6.07) is 10.7. The van der Waals surface area contributed by atoms with Gasteiger partial charge in [0.05, 0.1) is 26.9 Å². The minimum absolute atomic E-state index is 0.0184. The van der Waals surface area contributed by atoms with Gasteiger partial charge in [0.2, 0.25) is 5.75 Å². The molecule has 0 spiro atoms. The third kappa shape index (κ3) is 4.59. The number of nitrogens with one attached hydrogen (secondary N) is 1. The third-order valence-corrected chi connectivity index (χ3v) is 3.73. The van der Waals surface area contributed by atoms with Crippen LogP contribution in [0, 0.1) is 11.3 Å². The second-order valence-electron chi connectivity index (χ2n) is 5.47. The molecule has 0 saturated carbocycles. The van der Waals surface area contributed by atoms with Crippen LogP contribution in [0.3, 0.4) is 0 Å². The number of amides is 1. The van der Waals surface area contributed by atoms with E-state index in [1.165, 1.54) is 51.7 Å². The Morgan fingerprint density at radius 3 is 2.21 bits per heavy atom. The lowest BCUT2D eigenvalue weighted by Gasteiger charge is -2.13. The second-order valence-corrected chi connectivity index (χ2v) is 5.47. The number of benzene rings is 2. The van der Waals surface area contributed by atoms with Gasteiger partial charge >= 0.3 is 5.97 Å². The van der Waals surface area contributed by atoms with E-state index >= 15 is 0 Å². The monoisotopic (exact) mass is 382 g/mol. The van der Waals surface area contributed by atoms with Crippen LogP contribution in [0.5, 0.6) is 17.2 Å². The van der Waals surface area contributed by atoms with Gasteiger partial charge in [0.25, 0.3) is 5.91 Å². The molecule has 8 nitrogen and oxygen atoms in total. The van der Waals surface area contributed by atoms with Crippen molar-refractivity contribution in [1.82, 2.24) is 0 Å². The highest BCUT2D eigenvalue weighted by atomic mass is 16.5. The molecule has 0 bridgehead atoms. The minimum atomic E-state index is -1.12. The van der Waals surface area contributed by atoms with Crippen molar-refractivity contribution in [3.05, 3.63) is 53.1 Å². The average Bonchev–Trinajstić information content (AvgIpc) is 2.71. The zero-order chi connectivity index (χ0) is 20.7. The number of hydrogen-bond acceptors (Lipinski definition) is 6. The molecule has 144 valence electrons. The summed E-state index contributed by atoms with van der Waals surface area (Å²) in [6.07, 6.45) is 1.36. The first-order valence-corrected chi connectivity index (χ1v) is 8.00. The van der Waals surface area contributed by atoms with Gasteiger partial charge in [-0.25, -0.2) is 4.79 Å². The average molecular weight is 382 g/mol. The normalized spacial score (nSPS) is 10.6. The molecular weight excluding hydrogens is 364 g/mol. The highest BCUT2D eigenvalue weighted by Crippen LogP contribution is 2.38. The maximum absolute atomic E-state index is 12.4. The standard InChI is InChI=1S/C20H18N2O6/c1-26-16-8-12(9-17(27-2)18(16)28-3)7-14(11-21)19(23)22-15-6-4-5-13(10-15)20(24)25/h4-10H,1-3H3,(H,22,23)(H,24,25). The van der Waals surface area contributed by atoms with E-state index in [1.807, 2.05) is 6.07 Å². The van der Waals surface area contributed by atoms with E-state index in [0.717, 1.165) is 0 Å². The number of anilines is 1. The van der Waals surface area contributed by atoms with Crippen LogP contribution in [0.25, 0.3) is 6.08 Å². The maximum atomic E-state index is 12.4. The van der Waals surface area contributed by atoms with E-state index in [2.05, 4.69) is 5.32 Å². The summed E-state index contributed by atoms with van der Waals surface area (Å²) in [6.45, 7) is 0. The molecule has 0 radical (unpaired) electrons. The van der Waals surface area contributed by atoms with Gasteiger partial charge in [-0.15, -0.1) is 0 Å². The second kappa shape index (κ2) is 9.09. The van der Waals surface area contributed by atoms with Crippen LogP contribution < -0.4 is 19.5 Å². The van der Waals surface area contributed by atoms with Crippen molar-refractivity contribution in [3.63, 3.8) is 0 Å². The van der Waals surface area contributed by atoms with Crippen LogP contribution in [0.15, 0.2) is 42.0 Å². The molecule has 0 aliphatic heterocycles. The number of aromatic carboxylic acids is 1. The van der Waals surface area contributed by atoms with Crippen LogP contribution in [-0.2, 0) is 4.79 Å². The van der Waals surface area contributed by atoms with Gasteiger partial charge in [-0.1, -0.05) is 6.07 Å². The highest BCUT2D eigenvalue weighted by Gasteiger charge is 2.15. The molecular formula is C20H18N2O6. The van der Waals surface area contributed by atoms with E-state index in [4.69, 9.17) is 19.3 Å². The number of carboxylic acids is 1. The van der Waals surface area contributed by atoms with E-state index in [1.54, 1.807) is 12.1 Å². The fraction of sp³-hybridized carbons (Fsp3) is 0.150. The van der Waals surface area contributed by atoms with E-state index in [0.29, 0.717) is 22.8 Å². The van der Waals surface area contributed by atoms with E-state index in [-0.39, 0.29) is 16.8 Å². The van der Waals surface area contributed by atoms with Gasteiger partial charge in [-0.05, 0) is 42.0 Å². The number of nitrogens with zero attached hydrogens (tertiary/aromatic N) is 1. The van der Waals surface area contributed by atoms with Crippen LogP contribution >= 0.6 is 0 Å². The fourth-order valence-corrected chi connectivity index (χ4v) is 2.43. The van der Waals surface area contributed by atoms with Crippen molar-refractivity contribution >= 4 is 23.6 Å². The summed E-state index contributed by atoms with van der Waals surface area (Å²) in [5.41, 5.74) is 0.580. The first-order valence-electron chi connectivity index (χ1n) is 8.00. The van der Waals surface area contributed by atoms with Crippen molar-refractivity contribution in [1.29, 1.82) is 5.26 Å². The number of methoxy groups -OCH3 is 3.